The molecule has 1 amide bonds. The zero-order chi connectivity index (χ0) is 23.4. The molecule has 3 aromatic carbocycles. The Morgan fingerprint density at radius 1 is 1.12 bits per heavy atom. The molecule has 0 saturated heterocycles. The maximum absolute atomic E-state index is 14.0. The number of nitrogens with zero attached hydrogens (tertiary/aromatic N) is 1. The highest BCUT2D eigenvalue weighted by Crippen LogP contribution is 2.34. The Morgan fingerprint density at radius 2 is 1.88 bits per heavy atom. The van der Waals surface area contributed by atoms with Gasteiger partial charge < -0.3 is 9.64 Å². The number of esters is 1. The van der Waals surface area contributed by atoms with Crippen molar-refractivity contribution in [2.24, 2.45) is 0 Å². The Hall–Kier alpha value is -3.22. The number of carbonyl (C=O) groups excluding carboxylic acids is 2. The van der Waals surface area contributed by atoms with Crippen molar-refractivity contribution in [3.63, 3.8) is 0 Å². The Bertz CT molecular complexity index is 1150. The Labute approximate surface area is 197 Å². The van der Waals surface area contributed by atoms with Crippen molar-refractivity contribution in [1.82, 2.24) is 10.2 Å². The second-order valence-electron chi connectivity index (χ2n) is 7.92. The van der Waals surface area contributed by atoms with E-state index in [0.717, 1.165) is 11.1 Å². The zero-order valence-corrected chi connectivity index (χ0v) is 18.9. The quantitative estimate of drug-likeness (QED) is 0.471. The third-order valence-corrected chi connectivity index (χ3v) is 6.07. The number of rotatable bonds is 8. The summed E-state index contributed by atoms with van der Waals surface area (Å²) in [6.07, 6.45) is 0.160. The van der Waals surface area contributed by atoms with Crippen LogP contribution < -0.4 is 5.32 Å². The molecule has 0 saturated carbocycles. The molecule has 0 unspecified atom stereocenters. The molecule has 0 radical (unpaired) electrons. The number of hydrogen-bond donors (Lipinski definition) is 1. The van der Waals surface area contributed by atoms with Crippen LogP contribution in [-0.2, 0) is 16.0 Å². The van der Waals surface area contributed by atoms with Crippen molar-refractivity contribution in [2.75, 3.05) is 13.7 Å². The monoisotopic (exact) mass is 466 g/mol. The molecule has 0 aromatic heterocycles. The molecule has 1 aliphatic rings. The van der Waals surface area contributed by atoms with E-state index in [1.54, 1.807) is 23.1 Å². The molecule has 33 heavy (non-hydrogen) atoms. The number of hydrogen-bond acceptors (Lipinski definition) is 4. The van der Waals surface area contributed by atoms with Crippen LogP contribution in [0.2, 0.25) is 5.02 Å². The Morgan fingerprint density at radius 3 is 2.61 bits per heavy atom. The third kappa shape index (κ3) is 5.24. The van der Waals surface area contributed by atoms with E-state index >= 15 is 0 Å². The fraction of sp³-hybridized carbons (Fsp3) is 0.231. The molecule has 0 bridgehead atoms. The minimum Gasteiger partial charge on any atom is -0.469 e. The predicted molar refractivity (Wildman–Crippen MR) is 124 cm³/mol. The molecule has 0 fully saturated rings. The second kappa shape index (κ2) is 10.1. The number of benzene rings is 3. The number of carbonyl (C=O) groups is 2. The first-order chi connectivity index (χ1) is 16.0. The van der Waals surface area contributed by atoms with Crippen LogP contribution in [0.15, 0.2) is 72.8 Å². The first-order valence-corrected chi connectivity index (χ1v) is 11.1. The number of methoxy groups -OCH3 is 1. The van der Waals surface area contributed by atoms with Crippen molar-refractivity contribution in [3.05, 3.63) is 106 Å². The van der Waals surface area contributed by atoms with Gasteiger partial charge in [0.05, 0.1) is 13.5 Å². The first-order valence-electron chi connectivity index (χ1n) is 10.7. The van der Waals surface area contributed by atoms with Crippen LogP contribution in [-0.4, -0.2) is 30.4 Å². The van der Waals surface area contributed by atoms with E-state index in [0.29, 0.717) is 29.1 Å². The van der Waals surface area contributed by atoms with E-state index in [2.05, 4.69) is 5.32 Å². The molecule has 0 aliphatic carbocycles. The normalized spacial score (nSPS) is 15.9. The van der Waals surface area contributed by atoms with Gasteiger partial charge in [0.15, 0.2) is 0 Å². The van der Waals surface area contributed by atoms with Crippen LogP contribution in [0.4, 0.5) is 4.39 Å². The maximum Gasteiger partial charge on any atom is 0.307 e. The van der Waals surface area contributed by atoms with Gasteiger partial charge in [0.25, 0.3) is 5.91 Å². The smallest absolute Gasteiger partial charge is 0.307 e. The van der Waals surface area contributed by atoms with Crippen LogP contribution >= 0.6 is 11.6 Å². The topological polar surface area (TPSA) is 58.6 Å². The Kier molecular flexibility index (Phi) is 7.06. The minimum absolute atomic E-state index is 0.00215. The van der Waals surface area contributed by atoms with E-state index in [9.17, 15) is 14.0 Å². The lowest BCUT2D eigenvalue weighted by molar-refractivity contribution is -0.141. The van der Waals surface area contributed by atoms with Gasteiger partial charge in [-0.15, -0.1) is 0 Å². The summed E-state index contributed by atoms with van der Waals surface area (Å²) in [4.78, 5) is 27.1. The van der Waals surface area contributed by atoms with Crippen LogP contribution in [0.5, 0.6) is 0 Å². The summed E-state index contributed by atoms with van der Waals surface area (Å²) in [7, 11) is 1.32. The van der Waals surface area contributed by atoms with Gasteiger partial charge in [-0.05, 0) is 47.9 Å². The highest BCUT2D eigenvalue weighted by molar-refractivity contribution is 6.30. The molecule has 0 spiro atoms. The van der Waals surface area contributed by atoms with Crippen molar-refractivity contribution in [2.45, 2.75) is 25.0 Å². The molecule has 1 aliphatic heterocycles. The lowest BCUT2D eigenvalue weighted by Gasteiger charge is -2.30. The van der Waals surface area contributed by atoms with Crippen molar-refractivity contribution in [3.8, 4) is 0 Å². The zero-order valence-electron chi connectivity index (χ0n) is 18.1. The van der Waals surface area contributed by atoms with Gasteiger partial charge in [0, 0.05) is 28.7 Å². The van der Waals surface area contributed by atoms with Gasteiger partial charge >= 0.3 is 5.97 Å². The van der Waals surface area contributed by atoms with Gasteiger partial charge in [-0.3, -0.25) is 14.9 Å². The summed E-state index contributed by atoms with van der Waals surface area (Å²) in [6.45, 7) is 0.459. The van der Waals surface area contributed by atoms with Crippen molar-refractivity contribution < 1.29 is 18.7 Å². The van der Waals surface area contributed by atoms with Crippen LogP contribution in [0, 0.1) is 5.82 Å². The summed E-state index contributed by atoms with van der Waals surface area (Å²) in [5.41, 5.74) is 3.10. The summed E-state index contributed by atoms with van der Waals surface area (Å²) in [5.74, 6) is -0.915. The summed E-state index contributed by atoms with van der Waals surface area (Å²) >= 11 is 5.99. The lowest BCUT2D eigenvalue weighted by Crippen LogP contribution is -2.40. The highest BCUT2D eigenvalue weighted by atomic mass is 35.5. The van der Waals surface area contributed by atoms with Gasteiger partial charge in [-0.1, -0.05) is 54.1 Å². The van der Waals surface area contributed by atoms with E-state index in [4.69, 9.17) is 16.3 Å². The molecule has 170 valence electrons. The number of ether oxygens (including phenoxy) is 1. The molecule has 2 atom stereocenters. The van der Waals surface area contributed by atoms with Crippen molar-refractivity contribution >= 4 is 23.5 Å². The van der Waals surface area contributed by atoms with Gasteiger partial charge in [-0.2, -0.15) is 0 Å². The van der Waals surface area contributed by atoms with Crippen LogP contribution in [0.1, 0.15) is 45.7 Å². The van der Waals surface area contributed by atoms with E-state index in [-0.39, 0.29) is 12.3 Å². The molecule has 5 nitrogen and oxygen atoms in total. The fourth-order valence-electron chi connectivity index (χ4n) is 4.12. The van der Waals surface area contributed by atoms with Gasteiger partial charge in [0.2, 0.25) is 0 Å². The molecule has 1 heterocycles. The van der Waals surface area contributed by atoms with E-state index in [1.807, 2.05) is 42.5 Å². The summed E-state index contributed by atoms with van der Waals surface area (Å²) in [6, 6.07) is 20.5. The number of halogens is 2. The molecule has 3 aromatic rings. The molecule has 4 rings (SSSR count). The van der Waals surface area contributed by atoms with Crippen LogP contribution in [0.3, 0.4) is 0 Å². The van der Waals surface area contributed by atoms with E-state index in [1.165, 1.54) is 19.2 Å². The molecule has 1 N–H and O–H groups in total. The molecular formula is C26H24ClFN2O3. The number of amides is 1. The predicted octanol–water partition coefficient (Wildman–Crippen LogP) is 5.07. The van der Waals surface area contributed by atoms with Gasteiger partial charge in [-0.25, -0.2) is 4.39 Å². The fourth-order valence-corrected chi connectivity index (χ4v) is 4.24. The Balaban J connectivity index is 1.63. The summed E-state index contributed by atoms with van der Waals surface area (Å²) in [5, 5.41) is 4.08. The van der Waals surface area contributed by atoms with Crippen molar-refractivity contribution in [1.29, 1.82) is 0 Å². The molecular weight excluding hydrogens is 443 g/mol. The molecule has 7 heteroatoms. The SMILES string of the molecule is COC(=O)C[C@H](N[C@@H]1c2ccccc2C(=O)N1CCc1ccc(Cl)cc1)c1cccc(F)c1. The van der Waals surface area contributed by atoms with E-state index < -0.39 is 24.0 Å². The number of nitrogens with one attached hydrogen (secondary N) is 1. The largest absolute Gasteiger partial charge is 0.469 e. The lowest BCUT2D eigenvalue weighted by atomic mass is 10.0. The standard InChI is InChI=1S/C26H24ClFN2O3/c1-33-24(31)16-23(18-5-4-6-20(28)15-18)29-25-21-7-2-3-8-22(21)26(32)30(25)14-13-17-9-11-19(27)12-10-17/h2-12,15,23,25,29H,13-14,16H2,1H3/t23-,25-/m0/s1. The van der Waals surface area contributed by atoms with Gasteiger partial charge in [0.1, 0.15) is 12.0 Å². The first kappa shape index (κ1) is 23.0. The highest BCUT2D eigenvalue weighted by Gasteiger charge is 2.37. The summed E-state index contributed by atoms with van der Waals surface area (Å²) < 4.78 is 18.8. The number of fused-ring (bicyclic) bond motifs is 1. The third-order valence-electron chi connectivity index (χ3n) is 5.82. The average Bonchev–Trinajstić information content (AvgIpc) is 3.09. The second-order valence-corrected chi connectivity index (χ2v) is 8.36. The minimum atomic E-state index is -0.546. The average molecular weight is 467 g/mol. The maximum atomic E-state index is 14.0. The van der Waals surface area contributed by atoms with Crippen LogP contribution in [0.25, 0.3) is 0 Å².